The number of amides is 1. The Morgan fingerprint density at radius 2 is 1.74 bits per heavy atom. The monoisotopic (exact) mass is 454 g/mol. The summed E-state index contributed by atoms with van der Waals surface area (Å²) in [5, 5.41) is 4.75. The summed E-state index contributed by atoms with van der Waals surface area (Å²) < 4.78 is 0. The van der Waals surface area contributed by atoms with Gasteiger partial charge in [-0.15, -0.1) is 24.8 Å². The molecule has 2 bridgehead atoms. The maximum absolute atomic E-state index is 12.7. The second kappa shape index (κ2) is 9.84. The lowest BCUT2D eigenvalue weighted by molar-refractivity contribution is -0.132. The maximum atomic E-state index is 12.7. The molecule has 27 heavy (non-hydrogen) atoms. The van der Waals surface area contributed by atoms with Crippen LogP contribution in [-0.2, 0) is 4.79 Å². The van der Waals surface area contributed by atoms with Crippen molar-refractivity contribution in [3.8, 4) is 0 Å². The van der Waals surface area contributed by atoms with Crippen molar-refractivity contribution in [3.63, 3.8) is 0 Å². The van der Waals surface area contributed by atoms with Crippen LogP contribution in [-0.4, -0.2) is 54.1 Å². The molecule has 152 valence electrons. The lowest BCUT2D eigenvalue weighted by Gasteiger charge is -2.37. The second-order valence-corrected chi connectivity index (χ2v) is 8.35. The van der Waals surface area contributed by atoms with Gasteiger partial charge >= 0.3 is 0 Å². The number of hydrogen-bond donors (Lipinski definition) is 1. The lowest BCUT2D eigenvalue weighted by atomic mass is 9.89. The van der Waals surface area contributed by atoms with Crippen LogP contribution in [0.2, 0.25) is 10.0 Å². The highest BCUT2D eigenvalue weighted by Crippen LogP contribution is 2.33. The number of carbonyl (C=O) groups is 1. The third-order valence-corrected chi connectivity index (χ3v) is 6.24. The fourth-order valence-electron chi connectivity index (χ4n) is 4.53. The number of piperazine rings is 1. The maximum Gasteiger partial charge on any atom is 0.222 e. The highest BCUT2D eigenvalue weighted by Gasteiger charge is 2.35. The smallest absolute Gasteiger partial charge is 0.222 e. The number of piperidine rings is 1. The summed E-state index contributed by atoms with van der Waals surface area (Å²) in [7, 11) is 0. The van der Waals surface area contributed by atoms with Gasteiger partial charge in [-0.2, -0.15) is 0 Å². The van der Waals surface area contributed by atoms with Crippen molar-refractivity contribution in [2.24, 2.45) is 5.92 Å². The highest BCUT2D eigenvalue weighted by atomic mass is 35.5. The third-order valence-electron chi connectivity index (χ3n) is 5.75. The van der Waals surface area contributed by atoms with Gasteiger partial charge in [0.05, 0.1) is 10.0 Å². The van der Waals surface area contributed by atoms with Crippen molar-refractivity contribution in [1.29, 1.82) is 0 Å². The van der Waals surface area contributed by atoms with E-state index < -0.39 is 0 Å². The van der Waals surface area contributed by atoms with E-state index in [1.807, 2.05) is 4.90 Å². The molecule has 1 aromatic heterocycles. The highest BCUT2D eigenvalue weighted by molar-refractivity contribution is 6.36. The summed E-state index contributed by atoms with van der Waals surface area (Å²) in [6, 6.07) is 3.01. The van der Waals surface area contributed by atoms with Crippen LogP contribution in [0.3, 0.4) is 0 Å². The Kier molecular flexibility index (Phi) is 8.32. The van der Waals surface area contributed by atoms with E-state index in [2.05, 4.69) is 15.2 Å². The number of nitrogens with zero attached hydrogens (tertiary/aromatic N) is 3. The number of carbonyl (C=O) groups excluding carboxylic acids is 1. The standard InChI is InChI=1S/C18H24Cl2N4O.2ClH/c19-13-10-16(20)18(21-11-13)24-5-3-23(4-6-24)17(25)9-12-7-14-1-2-15(8-12)22-14;;/h10-12,14-15,22H,1-9H2;2*1H. The van der Waals surface area contributed by atoms with Gasteiger partial charge in [-0.1, -0.05) is 23.2 Å². The molecule has 0 aliphatic carbocycles. The van der Waals surface area contributed by atoms with E-state index in [4.69, 9.17) is 23.2 Å². The van der Waals surface area contributed by atoms with Crippen molar-refractivity contribution < 1.29 is 4.79 Å². The molecule has 3 saturated heterocycles. The van der Waals surface area contributed by atoms with Crippen molar-refractivity contribution in [2.45, 2.75) is 44.2 Å². The van der Waals surface area contributed by atoms with Gasteiger partial charge in [0.25, 0.3) is 0 Å². The molecule has 3 fully saturated rings. The molecule has 2 atom stereocenters. The largest absolute Gasteiger partial charge is 0.352 e. The molecule has 4 rings (SSSR count). The van der Waals surface area contributed by atoms with Crippen LogP contribution >= 0.6 is 48.0 Å². The quantitative estimate of drug-likeness (QED) is 0.752. The molecule has 2 unspecified atom stereocenters. The molecule has 0 aromatic carbocycles. The molecule has 4 heterocycles. The number of halogens is 4. The predicted octanol–water partition coefficient (Wildman–Crippen LogP) is 3.80. The summed E-state index contributed by atoms with van der Waals surface area (Å²) in [6.07, 6.45) is 7.20. The van der Waals surface area contributed by atoms with E-state index in [0.717, 1.165) is 44.8 Å². The second-order valence-electron chi connectivity index (χ2n) is 7.51. The first-order valence-corrected chi connectivity index (χ1v) is 9.94. The molecule has 3 aliphatic rings. The van der Waals surface area contributed by atoms with Gasteiger partial charge in [0.2, 0.25) is 5.91 Å². The number of aromatic nitrogens is 1. The number of nitrogens with one attached hydrogen (secondary N) is 1. The molecule has 1 aromatic rings. The Balaban J connectivity index is 0.00000131. The SMILES string of the molecule is Cl.Cl.O=C(CC1CC2CCC(C1)N2)N1CCN(c2ncc(Cl)cc2Cl)CC1. The van der Waals surface area contributed by atoms with Crippen molar-refractivity contribution in [1.82, 2.24) is 15.2 Å². The number of hydrogen-bond acceptors (Lipinski definition) is 4. The number of pyridine rings is 1. The van der Waals surface area contributed by atoms with Gasteiger partial charge in [0, 0.05) is 50.9 Å². The Bertz CT molecular complexity index is 642. The fraction of sp³-hybridized carbons (Fsp3) is 0.667. The molecular weight excluding hydrogens is 430 g/mol. The van der Waals surface area contributed by atoms with Crippen LogP contribution in [0.1, 0.15) is 32.1 Å². The van der Waals surface area contributed by atoms with Gasteiger partial charge in [0.15, 0.2) is 0 Å². The Labute approximate surface area is 183 Å². The molecule has 3 aliphatic heterocycles. The van der Waals surface area contributed by atoms with E-state index in [-0.39, 0.29) is 24.8 Å². The lowest BCUT2D eigenvalue weighted by Crippen LogP contribution is -2.50. The van der Waals surface area contributed by atoms with Gasteiger partial charge in [-0.3, -0.25) is 4.79 Å². The van der Waals surface area contributed by atoms with E-state index in [1.165, 1.54) is 12.8 Å². The Morgan fingerprint density at radius 3 is 2.33 bits per heavy atom. The first-order chi connectivity index (χ1) is 12.1. The zero-order valence-corrected chi connectivity index (χ0v) is 18.2. The van der Waals surface area contributed by atoms with Gasteiger partial charge in [-0.25, -0.2) is 4.98 Å². The zero-order valence-electron chi connectivity index (χ0n) is 15.1. The molecular formula is C18H26Cl4N4O. The van der Waals surface area contributed by atoms with Gasteiger partial charge < -0.3 is 15.1 Å². The number of rotatable bonds is 3. The molecule has 0 spiro atoms. The van der Waals surface area contributed by atoms with Crippen LogP contribution < -0.4 is 10.2 Å². The number of fused-ring (bicyclic) bond motifs is 2. The minimum atomic E-state index is 0. The summed E-state index contributed by atoms with van der Waals surface area (Å²) in [5.74, 6) is 1.62. The molecule has 1 N–H and O–H groups in total. The molecule has 9 heteroatoms. The summed E-state index contributed by atoms with van der Waals surface area (Å²) in [6.45, 7) is 2.99. The topological polar surface area (TPSA) is 48.5 Å². The van der Waals surface area contributed by atoms with E-state index >= 15 is 0 Å². The van der Waals surface area contributed by atoms with Crippen LogP contribution in [0.4, 0.5) is 5.82 Å². The average Bonchev–Trinajstić information content (AvgIpc) is 2.93. The first-order valence-electron chi connectivity index (χ1n) is 9.18. The third kappa shape index (κ3) is 5.33. The van der Waals surface area contributed by atoms with Crippen LogP contribution in [0.5, 0.6) is 0 Å². The predicted molar refractivity (Wildman–Crippen MR) is 115 cm³/mol. The summed E-state index contributed by atoms with van der Waals surface area (Å²) in [5.41, 5.74) is 0. The fourth-order valence-corrected chi connectivity index (χ4v) is 5.03. The normalized spacial score (nSPS) is 27.0. The summed E-state index contributed by atoms with van der Waals surface area (Å²) in [4.78, 5) is 21.2. The van der Waals surface area contributed by atoms with Crippen molar-refractivity contribution in [3.05, 3.63) is 22.3 Å². The zero-order chi connectivity index (χ0) is 17.4. The molecule has 5 nitrogen and oxygen atoms in total. The first kappa shape index (κ1) is 22.8. The average molecular weight is 456 g/mol. The van der Waals surface area contributed by atoms with E-state index in [0.29, 0.717) is 40.4 Å². The van der Waals surface area contributed by atoms with E-state index in [1.54, 1.807) is 12.3 Å². The van der Waals surface area contributed by atoms with E-state index in [9.17, 15) is 4.79 Å². The van der Waals surface area contributed by atoms with Gasteiger partial charge in [0.1, 0.15) is 5.82 Å². The van der Waals surface area contributed by atoms with Crippen LogP contribution in [0.25, 0.3) is 0 Å². The minimum absolute atomic E-state index is 0. The van der Waals surface area contributed by atoms with Crippen LogP contribution in [0.15, 0.2) is 12.3 Å². The van der Waals surface area contributed by atoms with Crippen LogP contribution in [0, 0.1) is 5.92 Å². The molecule has 0 saturated carbocycles. The van der Waals surface area contributed by atoms with Gasteiger partial charge in [-0.05, 0) is 37.7 Å². The molecule has 1 amide bonds. The van der Waals surface area contributed by atoms with Crippen molar-refractivity contribution >= 4 is 59.7 Å². The Hall–Kier alpha value is -0.460. The van der Waals surface area contributed by atoms with Crippen molar-refractivity contribution in [2.75, 3.05) is 31.1 Å². The summed E-state index contributed by atoms with van der Waals surface area (Å²) >= 11 is 12.2. The minimum Gasteiger partial charge on any atom is -0.352 e. The Morgan fingerprint density at radius 1 is 1.11 bits per heavy atom. The number of anilines is 1. The molecule has 0 radical (unpaired) electrons.